The lowest BCUT2D eigenvalue weighted by atomic mass is 10.2. The van der Waals surface area contributed by atoms with Crippen molar-refractivity contribution < 1.29 is 18.1 Å². The number of aromatic nitrogens is 2. The number of para-hydroxylation sites is 1. The summed E-state index contributed by atoms with van der Waals surface area (Å²) in [5.41, 5.74) is 0.135. The first kappa shape index (κ1) is 21.6. The molecule has 11 nitrogen and oxygen atoms in total. The Morgan fingerprint density at radius 1 is 1.09 bits per heavy atom. The molecule has 1 aromatic carbocycles. The number of rotatable bonds is 4. The van der Waals surface area contributed by atoms with Gasteiger partial charge in [0.1, 0.15) is 11.2 Å². The van der Waals surface area contributed by atoms with Gasteiger partial charge in [-0.1, -0.05) is 18.2 Å². The molecule has 12 heteroatoms. The molecule has 0 unspecified atom stereocenters. The number of amides is 1. The Hall–Kier alpha value is -3.64. The number of nitrogens with zero attached hydrogens (tertiary/aromatic N) is 5. The Kier molecular flexibility index (Phi) is 5.48. The summed E-state index contributed by atoms with van der Waals surface area (Å²) in [6.07, 6.45) is 2.82. The van der Waals surface area contributed by atoms with Gasteiger partial charge < -0.3 is 4.90 Å². The number of aryl methyl sites for hydroxylation is 1. The predicted octanol–water partition coefficient (Wildman–Crippen LogP) is 1.06. The fourth-order valence-corrected chi connectivity index (χ4v) is 5.18. The zero-order valence-electron chi connectivity index (χ0n) is 17.0. The van der Waals surface area contributed by atoms with Crippen molar-refractivity contribution in [3.05, 3.63) is 80.4 Å². The Labute approximate surface area is 182 Å². The molecule has 4 rings (SSSR count). The number of benzene rings is 1. The standard InChI is InChI=1S/C20H19N5O6S/c1-14-6-7-18-21-12-15(20(27)24(18)13-14)19(26)22-8-10-23(11-9-22)32(30,31)17-5-3-2-4-16(17)25(28)29/h2-7,12-13H,8-11H2,1H3. The van der Waals surface area contributed by atoms with Crippen LogP contribution in [0.3, 0.4) is 0 Å². The third-order valence-electron chi connectivity index (χ3n) is 5.29. The van der Waals surface area contributed by atoms with E-state index >= 15 is 0 Å². The van der Waals surface area contributed by atoms with Gasteiger partial charge in [-0.05, 0) is 24.6 Å². The lowest BCUT2D eigenvalue weighted by Gasteiger charge is -2.33. The third-order valence-corrected chi connectivity index (χ3v) is 7.23. The van der Waals surface area contributed by atoms with Crippen LogP contribution in [0.2, 0.25) is 0 Å². The molecule has 1 aliphatic rings. The quantitative estimate of drug-likeness (QED) is 0.422. The normalized spacial score (nSPS) is 15.1. The first-order chi connectivity index (χ1) is 15.2. The molecule has 32 heavy (non-hydrogen) atoms. The Morgan fingerprint density at radius 2 is 1.78 bits per heavy atom. The molecule has 3 heterocycles. The Morgan fingerprint density at radius 3 is 2.47 bits per heavy atom. The van der Waals surface area contributed by atoms with E-state index in [0.29, 0.717) is 5.65 Å². The van der Waals surface area contributed by atoms with E-state index in [1.165, 1.54) is 33.7 Å². The molecule has 0 radical (unpaired) electrons. The smallest absolute Gasteiger partial charge is 0.289 e. The van der Waals surface area contributed by atoms with Crippen LogP contribution in [0.5, 0.6) is 0 Å². The number of carbonyl (C=O) groups excluding carboxylic acids is 1. The van der Waals surface area contributed by atoms with Crippen LogP contribution in [0.25, 0.3) is 5.65 Å². The Bertz CT molecular complexity index is 1390. The van der Waals surface area contributed by atoms with E-state index in [9.17, 15) is 28.1 Å². The van der Waals surface area contributed by atoms with Gasteiger partial charge in [0.05, 0.1) is 4.92 Å². The second kappa shape index (κ2) is 8.13. The van der Waals surface area contributed by atoms with Crippen LogP contribution in [0.1, 0.15) is 15.9 Å². The first-order valence-electron chi connectivity index (χ1n) is 9.71. The highest BCUT2D eigenvalue weighted by atomic mass is 32.2. The van der Waals surface area contributed by atoms with Crippen molar-refractivity contribution in [2.75, 3.05) is 26.2 Å². The van der Waals surface area contributed by atoms with Crippen molar-refractivity contribution in [2.24, 2.45) is 0 Å². The van der Waals surface area contributed by atoms with Crippen molar-refractivity contribution in [3.8, 4) is 0 Å². The minimum absolute atomic E-state index is 0.0364. The summed E-state index contributed by atoms with van der Waals surface area (Å²) in [7, 11) is -4.12. The summed E-state index contributed by atoms with van der Waals surface area (Å²) in [5.74, 6) is -0.541. The summed E-state index contributed by atoms with van der Waals surface area (Å²) >= 11 is 0. The maximum absolute atomic E-state index is 12.9. The number of carbonyl (C=O) groups is 1. The maximum atomic E-state index is 12.9. The van der Waals surface area contributed by atoms with Gasteiger partial charge in [-0.15, -0.1) is 0 Å². The molecule has 0 spiro atoms. The van der Waals surface area contributed by atoms with Crippen LogP contribution in [0, 0.1) is 17.0 Å². The van der Waals surface area contributed by atoms with E-state index in [2.05, 4.69) is 4.98 Å². The summed E-state index contributed by atoms with van der Waals surface area (Å²) < 4.78 is 28.3. The SMILES string of the molecule is Cc1ccc2ncc(C(=O)N3CCN(S(=O)(=O)c4ccccc4[N+](=O)[O-])CC3)c(=O)n2c1. The van der Waals surface area contributed by atoms with Gasteiger partial charge in [0.25, 0.3) is 17.2 Å². The van der Waals surface area contributed by atoms with E-state index < -0.39 is 37.0 Å². The number of hydrogen-bond donors (Lipinski definition) is 0. The van der Waals surface area contributed by atoms with Crippen LogP contribution < -0.4 is 5.56 Å². The highest BCUT2D eigenvalue weighted by Gasteiger charge is 2.35. The highest BCUT2D eigenvalue weighted by molar-refractivity contribution is 7.89. The molecule has 0 saturated carbocycles. The molecule has 1 amide bonds. The fraction of sp³-hybridized carbons (Fsp3) is 0.250. The number of nitro benzene ring substituents is 1. The zero-order valence-corrected chi connectivity index (χ0v) is 17.9. The fourth-order valence-electron chi connectivity index (χ4n) is 3.60. The lowest BCUT2D eigenvalue weighted by Crippen LogP contribution is -2.51. The van der Waals surface area contributed by atoms with Crippen molar-refractivity contribution >= 4 is 27.3 Å². The maximum Gasteiger partial charge on any atom is 0.289 e. The van der Waals surface area contributed by atoms with E-state index in [1.807, 2.05) is 6.92 Å². The molecular formula is C20H19N5O6S. The monoisotopic (exact) mass is 457 g/mol. The van der Waals surface area contributed by atoms with E-state index in [1.54, 1.807) is 18.3 Å². The number of pyridine rings is 1. The van der Waals surface area contributed by atoms with Gasteiger partial charge in [0.15, 0.2) is 4.90 Å². The van der Waals surface area contributed by atoms with Crippen LogP contribution in [0.15, 0.2) is 58.5 Å². The van der Waals surface area contributed by atoms with Gasteiger partial charge >= 0.3 is 0 Å². The predicted molar refractivity (Wildman–Crippen MR) is 114 cm³/mol. The minimum atomic E-state index is -4.12. The molecule has 3 aromatic rings. The number of piperazine rings is 1. The molecule has 1 aliphatic heterocycles. The topological polar surface area (TPSA) is 135 Å². The van der Waals surface area contributed by atoms with Crippen LogP contribution in [-0.4, -0.2) is 64.0 Å². The first-order valence-corrected chi connectivity index (χ1v) is 11.1. The van der Waals surface area contributed by atoms with Gasteiger partial charge in [0, 0.05) is 44.6 Å². The third kappa shape index (κ3) is 3.74. The second-order valence-corrected chi connectivity index (χ2v) is 9.24. The lowest BCUT2D eigenvalue weighted by molar-refractivity contribution is -0.387. The molecule has 0 atom stereocenters. The van der Waals surface area contributed by atoms with Crippen molar-refractivity contribution in [1.82, 2.24) is 18.6 Å². The average molecular weight is 457 g/mol. The summed E-state index contributed by atoms with van der Waals surface area (Å²) in [6.45, 7) is 1.78. The highest BCUT2D eigenvalue weighted by Crippen LogP contribution is 2.27. The Balaban J connectivity index is 1.55. The van der Waals surface area contributed by atoms with Crippen LogP contribution >= 0.6 is 0 Å². The summed E-state index contributed by atoms with van der Waals surface area (Å²) in [5, 5.41) is 11.2. The van der Waals surface area contributed by atoms with Gasteiger partial charge in [0.2, 0.25) is 10.0 Å². The van der Waals surface area contributed by atoms with Gasteiger partial charge in [-0.25, -0.2) is 13.4 Å². The molecule has 0 aliphatic carbocycles. The number of nitro groups is 1. The van der Waals surface area contributed by atoms with Gasteiger partial charge in [-0.3, -0.25) is 24.1 Å². The van der Waals surface area contributed by atoms with Gasteiger partial charge in [-0.2, -0.15) is 4.31 Å². The van der Waals surface area contributed by atoms with E-state index in [4.69, 9.17) is 0 Å². The zero-order chi connectivity index (χ0) is 23.0. The van der Waals surface area contributed by atoms with E-state index in [-0.39, 0.29) is 31.7 Å². The van der Waals surface area contributed by atoms with Crippen LogP contribution in [-0.2, 0) is 10.0 Å². The molecule has 0 bridgehead atoms. The average Bonchev–Trinajstić information content (AvgIpc) is 2.79. The summed E-state index contributed by atoms with van der Waals surface area (Å²) in [6, 6.07) is 8.62. The van der Waals surface area contributed by atoms with Crippen molar-refractivity contribution in [1.29, 1.82) is 0 Å². The number of hydrogen-bond acceptors (Lipinski definition) is 7. The van der Waals surface area contributed by atoms with Crippen molar-refractivity contribution in [2.45, 2.75) is 11.8 Å². The second-order valence-electron chi connectivity index (χ2n) is 7.33. The van der Waals surface area contributed by atoms with Crippen molar-refractivity contribution in [3.63, 3.8) is 0 Å². The molecule has 1 saturated heterocycles. The molecule has 0 N–H and O–H groups in total. The number of sulfonamides is 1. The molecule has 166 valence electrons. The molecule has 1 fully saturated rings. The number of fused-ring (bicyclic) bond motifs is 1. The van der Waals surface area contributed by atoms with Crippen LogP contribution in [0.4, 0.5) is 5.69 Å². The summed E-state index contributed by atoms with van der Waals surface area (Å²) in [4.78, 5) is 41.4. The largest absolute Gasteiger partial charge is 0.336 e. The molecule has 2 aromatic heterocycles. The van der Waals surface area contributed by atoms with E-state index in [0.717, 1.165) is 15.9 Å². The molecular weight excluding hydrogens is 438 g/mol. The minimum Gasteiger partial charge on any atom is -0.336 e.